The van der Waals surface area contributed by atoms with Gasteiger partial charge in [-0.2, -0.15) is 0 Å². The van der Waals surface area contributed by atoms with Crippen molar-refractivity contribution in [3.05, 3.63) is 63.5 Å². The molecule has 1 aliphatic rings. The molecule has 0 saturated carbocycles. The van der Waals surface area contributed by atoms with Gasteiger partial charge in [0.2, 0.25) is 0 Å². The largest absolute Gasteiger partial charge is 0.429 e. The van der Waals surface area contributed by atoms with Crippen LogP contribution >= 0.6 is 23.8 Å². The van der Waals surface area contributed by atoms with Crippen molar-refractivity contribution in [3.63, 3.8) is 0 Å². The van der Waals surface area contributed by atoms with Gasteiger partial charge in [0, 0.05) is 17.0 Å². The first-order chi connectivity index (χ1) is 10.7. The van der Waals surface area contributed by atoms with Gasteiger partial charge in [-0.05, 0) is 36.0 Å². The average molecular weight is 332 g/mol. The van der Waals surface area contributed by atoms with Gasteiger partial charge in [0.25, 0.3) is 4.84 Å². The maximum absolute atomic E-state index is 6.11. The Bertz CT molecular complexity index is 899. The zero-order chi connectivity index (χ0) is 15.1. The molecule has 1 aromatic heterocycles. The molecule has 22 heavy (non-hydrogen) atoms. The van der Waals surface area contributed by atoms with Gasteiger partial charge in [-0.1, -0.05) is 35.9 Å². The van der Waals surface area contributed by atoms with Gasteiger partial charge in [0.1, 0.15) is 6.54 Å². The second-order valence-corrected chi connectivity index (χ2v) is 6.55. The second-order valence-electron chi connectivity index (χ2n) is 5.76. The Labute approximate surface area is 138 Å². The SMILES string of the molecule is S=c1oc2ccc(Cl)cc2n1C[NH+]1CCc2ccccc2C1. The Kier molecular flexibility index (Phi) is 3.53. The normalized spacial score (nSPS) is 17.6. The number of halogens is 1. The van der Waals surface area contributed by atoms with Crippen LogP contribution in [-0.2, 0) is 19.6 Å². The van der Waals surface area contributed by atoms with Crippen LogP contribution < -0.4 is 4.90 Å². The van der Waals surface area contributed by atoms with Crippen molar-refractivity contribution in [2.75, 3.05) is 6.54 Å². The van der Waals surface area contributed by atoms with Crippen LogP contribution in [-0.4, -0.2) is 11.1 Å². The molecule has 112 valence electrons. The fourth-order valence-corrected chi connectivity index (χ4v) is 3.61. The van der Waals surface area contributed by atoms with Crippen molar-refractivity contribution >= 4 is 34.9 Å². The minimum Gasteiger partial charge on any atom is -0.429 e. The molecule has 1 atom stereocenters. The predicted octanol–water partition coefficient (Wildman–Crippen LogP) is 3.22. The first-order valence-electron chi connectivity index (χ1n) is 7.40. The van der Waals surface area contributed by atoms with Gasteiger partial charge in [-0.3, -0.25) is 4.57 Å². The number of oxazole rings is 1. The third-order valence-electron chi connectivity index (χ3n) is 4.32. The number of fused-ring (bicyclic) bond motifs is 2. The second kappa shape index (κ2) is 5.54. The van der Waals surface area contributed by atoms with E-state index in [0.717, 1.165) is 37.3 Å². The van der Waals surface area contributed by atoms with Gasteiger partial charge in [-0.15, -0.1) is 0 Å². The molecule has 1 aliphatic heterocycles. The summed E-state index contributed by atoms with van der Waals surface area (Å²) in [6.07, 6.45) is 1.11. The van der Waals surface area contributed by atoms with Gasteiger partial charge in [-0.25, -0.2) is 0 Å². The Morgan fingerprint density at radius 1 is 1.18 bits per heavy atom. The molecule has 0 amide bonds. The highest BCUT2D eigenvalue weighted by molar-refractivity contribution is 7.71. The van der Waals surface area contributed by atoms with E-state index in [1.54, 1.807) is 0 Å². The molecule has 0 spiro atoms. The van der Waals surface area contributed by atoms with Crippen LogP contribution in [0.3, 0.4) is 0 Å². The summed E-state index contributed by atoms with van der Waals surface area (Å²) < 4.78 is 7.73. The number of nitrogens with one attached hydrogen (secondary N) is 1. The Hall–Kier alpha value is -1.62. The molecular formula is C17H16ClN2OS+. The fraction of sp³-hybridized carbons (Fsp3) is 0.235. The number of quaternary nitrogens is 1. The van der Waals surface area contributed by atoms with Crippen molar-refractivity contribution in [2.24, 2.45) is 0 Å². The number of benzene rings is 2. The van der Waals surface area contributed by atoms with Crippen LogP contribution in [0.15, 0.2) is 46.9 Å². The third kappa shape index (κ3) is 2.47. The predicted molar refractivity (Wildman–Crippen MR) is 89.7 cm³/mol. The lowest BCUT2D eigenvalue weighted by Gasteiger charge is -2.26. The summed E-state index contributed by atoms with van der Waals surface area (Å²) in [6, 6.07) is 14.3. The number of hydrogen-bond donors (Lipinski definition) is 1. The summed E-state index contributed by atoms with van der Waals surface area (Å²) in [7, 11) is 0. The number of hydrogen-bond acceptors (Lipinski definition) is 2. The molecule has 2 heterocycles. The van der Waals surface area contributed by atoms with E-state index in [2.05, 4.69) is 28.8 Å². The quantitative estimate of drug-likeness (QED) is 0.729. The first kappa shape index (κ1) is 14.0. The molecule has 0 aliphatic carbocycles. The Morgan fingerprint density at radius 2 is 2.00 bits per heavy atom. The Morgan fingerprint density at radius 3 is 2.86 bits per heavy atom. The van der Waals surface area contributed by atoms with Gasteiger partial charge >= 0.3 is 0 Å². The standard InChI is InChI=1S/C17H15ClN2OS/c18-14-5-6-16-15(9-14)20(17(22)21-16)11-19-8-7-12-3-1-2-4-13(12)10-19/h1-6,9H,7-8,10-11H2/p+1. The maximum Gasteiger partial charge on any atom is 0.274 e. The van der Waals surface area contributed by atoms with Crippen LogP contribution in [0.5, 0.6) is 0 Å². The highest BCUT2D eigenvalue weighted by Gasteiger charge is 2.20. The lowest BCUT2D eigenvalue weighted by molar-refractivity contribution is -0.938. The molecule has 1 unspecified atom stereocenters. The molecular weight excluding hydrogens is 316 g/mol. The van der Waals surface area contributed by atoms with Crippen molar-refractivity contribution in [1.29, 1.82) is 0 Å². The van der Waals surface area contributed by atoms with E-state index in [-0.39, 0.29) is 0 Å². The lowest BCUT2D eigenvalue weighted by Crippen LogP contribution is -3.11. The summed E-state index contributed by atoms with van der Waals surface area (Å²) in [5.41, 5.74) is 4.67. The van der Waals surface area contributed by atoms with E-state index >= 15 is 0 Å². The monoisotopic (exact) mass is 331 g/mol. The third-order valence-corrected chi connectivity index (χ3v) is 4.86. The average Bonchev–Trinajstić information content (AvgIpc) is 2.83. The number of rotatable bonds is 2. The highest BCUT2D eigenvalue weighted by atomic mass is 35.5. The van der Waals surface area contributed by atoms with Crippen LogP contribution in [0.25, 0.3) is 11.1 Å². The molecule has 4 rings (SSSR count). The molecule has 0 bridgehead atoms. The maximum atomic E-state index is 6.11. The zero-order valence-electron chi connectivity index (χ0n) is 12.0. The summed E-state index contributed by atoms with van der Waals surface area (Å²) >= 11 is 11.5. The smallest absolute Gasteiger partial charge is 0.274 e. The van der Waals surface area contributed by atoms with Crippen molar-refractivity contribution in [1.82, 2.24) is 4.57 Å². The van der Waals surface area contributed by atoms with Gasteiger partial charge < -0.3 is 9.32 Å². The number of aromatic nitrogens is 1. The van der Waals surface area contributed by atoms with Gasteiger partial charge in [0.05, 0.1) is 12.1 Å². The van der Waals surface area contributed by atoms with E-state index in [4.69, 9.17) is 28.2 Å². The van der Waals surface area contributed by atoms with Crippen molar-refractivity contribution < 1.29 is 9.32 Å². The summed E-state index contributed by atoms with van der Waals surface area (Å²) in [6.45, 7) is 2.93. The molecule has 1 N–H and O–H groups in total. The molecule has 2 aromatic carbocycles. The molecule has 3 aromatic rings. The minimum atomic E-state index is 0.517. The van der Waals surface area contributed by atoms with Crippen LogP contribution in [0.4, 0.5) is 0 Å². The van der Waals surface area contributed by atoms with E-state index < -0.39 is 0 Å². The fourth-order valence-electron chi connectivity index (χ4n) is 3.19. The highest BCUT2D eigenvalue weighted by Crippen LogP contribution is 2.21. The molecule has 0 fully saturated rings. The number of nitrogens with zero attached hydrogens (tertiary/aromatic N) is 1. The molecule has 0 saturated heterocycles. The van der Waals surface area contributed by atoms with E-state index in [1.165, 1.54) is 16.0 Å². The van der Waals surface area contributed by atoms with Crippen LogP contribution in [0, 0.1) is 4.84 Å². The van der Waals surface area contributed by atoms with Gasteiger partial charge in [0.15, 0.2) is 12.3 Å². The van der Waals surface area contributed by atoms with E-state index in [9.17, 15) is 0 Å². The molecule has 0 radical (unpaired) electrons. The summed E-state index contributed by atoms with van der Waals surface area (Å²) in [4.78, 5) is 2.00. The van der Waals surface area contributed by atoms with Crippen molar-refractivity contribution in [3.8, 4) is 0 Å². The van der Waals surface area contributed by atoms with Crippen molar-refractivity contribution in [2.45, 2.75) is 19.6 Å². The zero-order valence-corrected chi connectivity index (χ0v) is 13.6. The lowest BCUT2D eigenvalue weighted by atomic mass is 10.0. The first-order valence-corrected chi connectivity index (χ1v) is 8.18. The minimum absolute atomic E-state index is 0.517. The van der Waals surface area contributed by atoms with E-state index in [1.807, 2.05) is 18.2 Å². The van der Waals surface area contributed by atoms with E-state index in [0.29, 0.717) is 9.86 Å². The Balaban J connectivity index is 1.66. The van der Waals surface area contributed by atoms with Crippen LogP contribution in [0.2, 0.25) is 5.02 Å². The molecule has 5 heteroatoms. The summed E-state index contributed by atoms with van der Waals surface area (Å²) in [5, 5.41) is 0.705. The summed E-state index contributed by atoms with van der Waals surface area (Å²) in [5.74, 6) is 0. The van der Waals surface area contributed by atoms with Crippen LogP contribution in [0.1, 0.15) is 11.1 Å². The molecule has 3 nitrogen and oxygen atoms in total. The topological polar surface area (TPSA) is 22.5 Å².